The SMILES string of the molecule is CCCC(COC)NS(=O)(=O)c1csc(CNCC)c1. The van der Waals surface area contributed by atoms with Gasteiger partial charge in [-0.05, 0) is 19.0 Å². The molecule has 1 aromatic rings. The van der Waals surface area contributed by atoms with E-state index in [-0.39, 0.29) is 6.04 Å². The molecule has 1 rings (SSSR count). The Kier molecular flexibility index (Phi) is 7.68. The fourth-order valence-corrected chi connectivity index (χ4v) is 4.36. The fourth-order valence-electron chi connectivity index (χ4n) is 1.86. The third-order valence-electron chi connectivity index (χ3n) is 2.82. The minimum Gasteiger partial charge on any atom is -0.383 e. The zero-order valence-electron chi connectivity index (χ0n) is 12.3. The molecule has 0 aromatic carbocycles. The first kappa shape index (κ1) is 17.6. The predicted molar refractivity (Wildman–Crippen MR) is 82.6 cm³/mol. The van der Waals surface area contributed by atoms with Gasteiger partial charge in [0.15, 0.2) is 0 Å². The zero-order valence-corrected chi connectivity index (χ0v) is 13.9. The molecule has 1 unspecified atom stereocenters. The summed E-state index contributed by atoms with van der Waals surface area (Å²) in [6.45, 7) is 6.00. The van der Waals surface area contributed by atoms with E-state index in [0.29, 0.717) is 18.0 Å². The topological polar surface area (TPSA) is 67.4 Å². The van der Waals surface area contributed by atoms with E-state index in [1.807, 2.05) is 13.8 Å². The van der Waals surface area contributed by atoms with Crippen LogP contribution in [0.1, 0.15) is 31.6 Å². The summed E-state index contributed by atoms with van der Waals surface area (Å²) < 4.78 is 32.4. The van der Waals surface area contributed by atoms with Crippen LogP contribution in [0.5, 0.6) is 0 Å². The smallest absolute Gasteiger partial charge is 0.241 e. The van der Waals surface area contributed by atoms with Crippen molar-refractivity contribution < 1.29 is 13.2 Å². The molecule has 1 aromatic heterocycles. The molecule has 116 valence electrons. The molecule has 0 aliphatic carbocycles. The van der Waals surface area contributed by atoms with Gasteiger partial charge in [0.05, 0.1) is 11.5 Å². The molecular weight excluding hydrogens is 296 g/mol. The minimum atomic E-state index is -3.46. The first-order valence-corrected chi connectivity index (χ1v) is 9.19. The van der Waals surface area contributed by atoms with Crippen molar-refractivity contribution in [3.05, 3.63) is 16.3 Å². The van der Waals surface area contributed by atoms with Gasteiger partial charge in [0.1, 0.15) is 0 Å². The van der Waals surface area contributed by atoms with Crippen LogP contribution in [0.15, 0.2) is 16.3 Å². The summed E-state index contributed by atoms with van der Waals surface area (Å²) in [7, 11) is -1.88. The molecule has 1 heterocycles. The van der Waals surface area contributed by atoms with Crippen LogP contribution in [0, 0.1) is 0 Å². The summed E-state index contributed by atoms with van der Waals surface area (Å²) in [5.41, 5.74) is 0. The summed E-state index contributed by atoms with van der Waals surface area (Å²) in [6.07, 6.45) is 1.67. The molecule has 0 radical (unpaired) electrons. The minimum absolute atomic E-state index is 0.174. The van der Waals surface area contributed by atoms with E-state index < -0.39 is 10.0 Å². The average molecular weight is 320 g/mol. The van der Waals surface area contributed by atoms with Crippen molar-refractivity contribution in [2.45, 2.75) is 44.2 Å². The summed E-state index contributed by atoms with van der Waals surface area (Å²) >= 11 is 1.46. The van der Waals surface area contributed by atoms with Crippen LogP contribution in [0.4, 0.5) is 0 Å². The summed E-state index contributed by atoms with van der Waals surface area (Å²) in [5, 5.41) is 4.87. The molecular formula is C13H24N2O3S2. The molecule has 1 atom stereocenters. The maximum absolute atomic E-state index is 12.3. The first-order valence-electron chi connectivity index (χ1n) is 6.82. The maximum atomic E-state index is 12.3. The molecule has 0 aliphatic rings. The number of ether oxygens (including phenoxy) is 1. The van der Waals surface area contributed by atoms with Gasteiger partial charge in [0.25, 0.3) is 0 Å². The third-order valence-corrected chi connectivity index (χ3v) is 5.40. The van der Waals surface area contributed by atoms with Crippen molar-refractivity contribution in [2.75, 3.05) is 20.3 Å². The highest BCUT2D eigenvalue weighted by molar-refractivity contribution is 7.89. The lowest BCUT2D eigenvalue weighted by Crippen LogP contribution is -2.37. The molecule has 20 heavy (non-hydrogen) atoms. The number of nitrogens with one attached hydrogen (secondary N) is 2. The van der Waals surface area contributed by atoms with Gasteiger partial charge in [0.2, 0.25) is 10.0 Å². The Hall–Kier alpha value is -0.470. The predicted octanol–water partition coefficient (Wildman–Crippen LogP) is 1.95. The van der Waals surface area contributed by atoms with E-state index >= 15 is 0 Å². The van der Waals surface area contributed by atoms with Gasteiger partial charge in [-0.2, -0.15) is 0 Å². The Morgan fingerprint density at radius 1 is 1.40 bits per heavy atom. The second kappa shape index (κ2) is 8.74. The van der Waals surface area contributed by atoms with Crippen LogP contribution < -0.4 is 10.0 Å². The number of hydrogen-bond acceptors (Lipinski definition) is 5. The molecule has 0 spiro atoms. The standard InChI is InChI=1S/C13H24N2O3S2/c1-4-6-11(9-18-3)15-20(16,17)13-7-12(19-10-13)8-14-5-2/h7,10-11,14-15H,4-6,8-9H2,1-3H3. The van der Waals surface area contributed by atoms with Crippen LogP contribution in [0.25, 0.3) is 0 Å². The third kappa shape index (κ3) is 5.49. The number of thiophene rings is 1. The highest BCUT2D eigenvalue weighted by Gasteiger charge is 2.20. The second-order valence-electron chi connectivity index (χ2n) is 4.59. The monoisotopic (exact) mass is 320 g/mol. The maximum Gasteiger partial charge on any atom is 0.241 e. The van der Waals surface area contributed by atoms with Gasteiger partial charge in [-0.1, -0.05) is 20.3 Å². The Bertz CT molecular complexity index is 480. The number of methoxy groups -OCH3 is 1. The van der Waals surface area contributed by atoms with Crippen LogP contribution in [-0.2, 0) is 21.3 Å². The Morgan fingerprint density at radius 3 is 2.75 bits per heavy atom. The lowest BCUT2D eigenvalue weighted by molar-refractivity contribution is 0.171. The molecule has 0 saturated heterocycles. The van der Waals surface area contributed by atoms with Gasteiger partial charge < -0.3 is 10.1 Å². The summed E-state index contributed by atoms with van der Waals surface area (Å²) in [4.78, 5) is 1.36. The molecule has 0 amide bonds. The number of rotatable bonds is 10. The molecule has 0 saturated carbocycles. The number of sulfonamides is 1. The van der Waals surface area contributed by atoms with Crippen LogP contribution in [0.3, 0.4) is 0 Å². The van der Waals surface area contributed by atoms with Gasteiger partial charge in [0, 0.05) is 30.0 Å². The van der Waals surface area contributed by atoms with E-state index in [1.165, 1.54) is 11.3 Å². The largest absolute Gasteiger partial charge is 0.383 e. The van der Waals surface area contributed by atoms with Gasteiger partial charge in [-0.3, -0.25) is 0 Å². The van der Waals surface area contributed by atoms with E-state index in [4.69, 9.17) is 4.74 Å². The Labute approximate surface area is 125 Å². The van der Waals surface area contributed by atoms with Crippen molar-refractivity contribution in [1.82, 2.24) is 10.0 Å². The molecule has 0 fully saturated rings. The van der Waals surface area contributed by atoms with Crippen molar-refractivity contribution in [3.8, 4) is 0 Å². The van der Waals surface area contributed by atoms with Crippen molar-refractivity contribution in [1.29, 1.82) is 0 Å². The number of hydrogen-bond donors (Lipinski definition) is 2. The zero-order chi connectivity index (χ0) is 15.0. The Morgan fingerprint density at radius 2 is 2.15 bits per heavy atom. The summed E-state index contributed by atoms with van der Waals surface area (Å²) in [5.74, 6) is 0. The van der Waals surface area contributed by atoms with Crippen LogP contribution >= 0.6 is 11.3 Å². The first-order chi connectivity index (χ1) is 9.53. The van der Waals surface area contributed by atoms with E-state index in [1.54, 1.807) is 18.6 Å². The molecule has 0 aliphatic heterocycles. The van der Waals surface area contributed by atoms with E-state index in [2.05, 4.69) is 10.0 Å². The summed E-state index contributed by atoms with van der Waals surface area (Å²) in [6, 6.07) is 1.55. The van der Waals surface area contributed by atoms with Crippen molar-refractivity contribution in [2.24, 2.45) is 0 Å². The highest BCUT2D eigenvalue weighted by atomic mass is 32.2. The van der Waals surface area contributed by atoms with Crippen LogP contribution in [-0.4, -0.2) is 34.7 Å². The van der Waals surface area contributed by atoms with Gasteiger partial charge >= 0.3 is 0 Å². The van der Waals surface area contributed by atoms with Crippen molar-refractivity contribution >= 4 is 21.4 Å². The molecule has 5 nitrogen and oxygen atoms in total. The second-order valence-corrected chi connectivity index (χ2v) is 7.30. The molecule has 0 bridgehead atoms. The highest BCUT2D eigenvalue weighted by Crippen LogP contribution is 2.19. The molecule has 7 heteroatoms. The average Bonchev–Trinajstić information content (AvgIpc) is 2.86. The quantitative estimate of drug-likeness (QED) is 0.691. The Balaban J connectivity index is 2.73. The lowest BCUT2D eigenvalue weighted by Gasteiger charge is -2.16. The fraction of sp³-hybridized carbons (Fsp3) is 0.692. The van der Waals surface area contributed by atoms with E-state index in [0.717, 1.165) is 24.3 Å². The normalized spacial score (nSPS) is 13.6. The van der Waals surface area contributed by atoms with Gasteiger partial charge in [-0.25, -0.2) is 13.1 Å². The lowest BCUT2D eigenvalue weighted by atomic mass is 10.2. The van der Waals surface area contributed by atoms with Crippen molar-refractivity contribution in [3.63, 3.8) is 0 Å². The van der Waals surface area contributed by atoms with Crippen LogP contribution in [0.2, 0.25) is 0 Å². The molecule has 2 N–H and O–H groups in total. The van der Waals surface area contributed by atoms with E-state index in [9.17, 15) is 8.42 Å². The van der Waals surface area contributed by atoms with Gasteiger partial charge in [-0.15, -0.1) is 11.3 Å².